The zero-order valence-electron chi connectivity index (χ0n) is 6.82. The van der Waals surface area contributed by atoms with Crippen LogP contribution in [0, 0.1) is 5.41 Å². The molecule has 2 aliphatic carbocycles. The van der Waals surface area contributed by atoms with Crippen molar-refractivity contribution in [2.24, 2.45) is 11.1 Å². The molecule has 58 valence electrons. The second-order valence-corrected chi connectivity index (χ2v) is 4.70. The van der Waals surface area contributed by atoms with Crippen molar-refractivity contribution in [3.05, 3.63) is 0 Å². The predicted octanol–water partition coefficient (Wildman–Crippen LogP) is 2.06. The SMILES string of the molecule is CC12CCCC(N)(CC1)C2. The first-order chi connectivity index (χ1) is 4.62. The number of nitrogens with two attached hydrogens (primary N) is 1. The van der Waals surface area contributed by atoms with Crippen LogP contribution < -0.4 is 5.73 Å². The molecule has 2 unspecified atom stereocenters. The van der Waals surface area contributed by atoms with E-state index in [2.05, 4.69) is 6.92 Å². The Balaban J connectivity index is 2.20. The monoisotopic (exact) mass is 139 g/mol. The van der Waals surface area contributed by atoms with Crippen molar-refractivity contribution >= 4 is 0 Å². The summed E-state index contributed by atoms with van der Waals surface area (Å²) in [5.41, 5.74) is 7.07. The topological polar surface area (TPSA) is 26.0 Å². The Morgan fingerprint density at radius 3 is 2.50 bits per heavy atom. The average molecular weight is 139 g/mol. The van der Waals surface area contributed by atoms with Gasteiger partial charge >= 0.3 is 0 Å². The standard InChI is InChI=1S/C9H17N/c1-8-3-2-4-9(10,7-8)6-5-8/h2-7,10H2,1H3. The maximum absolute atomic E-state index is 6.19. The van der Waals surface area contributed by atoms with E-state index in [1.54, 1.807) is 0 Å². The molecule has 2 bridgehead atoms. The number of hydrogen-bond acceptors (Lipinski definition) is 1. The lowest BCUT2D eigenvalue weighted by atomic mass is 9.75. The molecule has 0 spiro atoms. The van der Waals surface area contributed by atoms with Crippen LogP contribution in [0.1, 0.15) is 45.4 Å². The quantitative estimate of drug-likeness (QED) is 0.546. The molecule has 2 rings (SSSR count). The highest BCUT2D eigenvalue weighted by atomic mass is 14.8. The lowest BCUT2D eigenvalue weighted by molar-refractivity contribution is 0.215. The Morgan fingerprint density at radius 1 is 1.10 bits per heavy atom. The lowest BCUT2D eigenvalue weighted by Gasteiger charge is -2.34. The highest BCUT2D eigenvalue weighted by Crippen LogP contribution is 2.51. The normalized spacial score (nSPS) is 53.4. The van der Waals surface area contributed by atoms with Gasteiger partial charge in [0.15, 0.2) is 0 Å². The minimum Gasteiger partial charge on any atom is -0.325 e. The van der Waals surface area contributed by atoms with Crippen molar-refractivity contribution in [1.29, 1.82) is 0 Å². The molecule has 0 aromatic heterocycles. The predicted molar refractivity (Wildman–Crippen MR) is 42.7 cm³/mol. The van der Waals surface area contributed by atoms with Gasteiger partial charge in [-0.15, -0.1) is 0 Å². The summed E-state index contributed by atoms with van der Waals surface area (Å²) in [6, 6.07) is 0. The zero-order chi connectivity index (χ0) is 7.24. The summed E-state index contributed by atoms with van der Waals surface area (Å²) < 4.78 is 0. The number of hydrogen-bond donors (Lipinski definition) is 1. The molecule has 0 heterocycles. The largest absolute Gasteiger partial charge is 0.325 e. The molecule has 2 atom stereocenters. The summed E-state index contributed by atoms with van der Waals surface area (Å²) in [5, 5.41) is 0. The number of rotatable bonds is 0. The highest BCUT2D eigenvalue weighted by Gasteiger charge is 2.45. The summed E-state index contributed by atoms with van der Waals surface area (Å²) in [7, 11) is 0. The van der Waals surface area contributed by atoms with Crippen LogP contribution in [-0.4, -0.2) is 5.54 Å². The first kappa shape index (κ1) is 6.66. The molecule has 1 nitrogen and oxygen atoms in total. The maximum Gasteiger partial charge on any atom is 0.0159 e. The van der Waals surface area contributed by atoms with Gasteiger partial charge in [0, 0.05) is 5.54 Å². The molecule has 2 aliphatic rings. The first-order valence-corrected chi connectivity index (χ1v) is 4.41. The summed E-state index contributed by atoms with van der Waals surface area (Å²) in [6.45, 7) is 2.40. The first-order valence-electron chi connectivity index (χ1n) is 4.41. The Bertz CT molecular complexity index is 139. The van der Waals surface area contributed by atoms with Crippen LogP contribution in [0.25, 0.3) is 0 Å². The molecule has 0 aromatic carbocycles. The van der Waals surface area contributed by atoms with Crippen molar-refractivity contribution in [2.75, 3.05) is 0 Å². The summed E-state index contributed by atoms with van der Waals surface area (Å²) in [4.78, 5) is 0. The minimum atomic E-state index is 0.257. The van der Waals surface area contributed by atoms with Crippen molar-refractivity contribution < 1.29 is 0 Å². The van der Waals surface area contributed by atoms with Crippen LogP contribution in [0.5, 0.6) is 0 Å². The van der Waals surface area contributed by atoms with E-state index in [9.17, 15) is 0 Å². The third kappa shape index (κ3) is 0.878. The fourth-order valence-electron chi connectivity index (χ4n) is 2.87. The van der Waals surface area contributed by atoms with E-state index in [-0.39, 0.29) is 5.54 Å². The third-order valence-electron chi connectivity index (χ3n) is 3.46. The number of fused-ring (bicyclic) bond motifs is 2. The average Bonchev–Trinajstić information content (AvgIpc) is 2.03. The fourth-order valence-corrected chi connectivity index (χ4v) is 2.87. The van der Waals surface area contributed by atoms with E-state index in [0.29, 0.717) is 5.41 Å². The van der Waals surface area contributed by atoms with Gasteiger partial charge in [0.1, 0.15) is 0 Å². The molecule has 2 saturated carbocycles. The Labute approximate surface area is 63.0 Å². The molecule has 0 aromatic rings. The van der Waals surface area contributed by atoms with Crippen molar-refractivity contribution in [1.82, 2.24) is 0 Å². The molecule has 2 N–H and O–H groups in total. The van der Waals surface area contributed by atoms with Crippen molar-refractivity contribution in [3.8, 4) is 0 Å². The van der Waals surface area contributed by atoms with Gasteiger partial charge in [-0.1, -0.05) is 13.3 Å². The molecule has 2 fully saturated rings. The Kier molecular flexibility index (Phi) is 1.17. The zero-order valence-corrected chi connectivity index (χ0v) is 6.82. The molecule has 0 radical (unpaired) electrons. The Hall–Kier alpha value is -0.0400. The van der Waals surface area contributed by atoms with Crippen LogP contribution in [0.4, 0.5) is 0 Å². The third-order valence-corrected chi connectivity index (χ3v) is 3.46. The van der Waals surface area contributed by atoms with E-state index in [1.807, 2.05) is 0 Å². The van der Waals surface area contributed by atoms with Crippen molar-refractivity contribution in [3.63, 3.8) is 0 Å². The van der Waals surface area contributed by atoms with Gasteiger partial charge in [0.2, 0.25) is 0 Å². The van der Waals surface area contributed by atoms with Gasteiger partial charge in [-0.2, -0.15) is 0 Å². The lowest BCUT2D eigenvalue weighted by Crippen LogP contribution is -2.40. The Morgan fingerprint density at radius 2 is 1.90 bits per heavy atom. The molecule has 0 aliphatic heterocycles. The summed E-state index contributed by atoms with van der Waals surface area (Å²) in [6.07, 6.45) is 8.02. The van der Waals surface area contributed by atoms with Gasteiger partial charge in [0.05, 0.1) is 0 Å². The van der Waals surface area contributed by atoms with E-state index in [4.69, 9.17) is 5.73 Å². The van der Waals surface area contributed by atoms with E-state index >= 15 is 0 Å². The highest BCUT2D eigenvalue weighted by molar-refractivity contribution is 5.02. The molecular formula is C9H17N. The van der Waals surface area contributed by atoms with Crippen LogP contribution in [0.3, 0.4) is 0 Å². The van der Waals surface area contributed by atoms with E-state index in [0.717, 1.165) is 0 Å². The van der Waals surface area contributed by atoms with Gasteiger partial charge < -0.3 is 5.73 Å². The minimum absolute atomic E-state index is 0.257. The van der Waals surface area contributed by atoms with Crippen LogP contribution >= 0.6 is 0 Å². The van der Waals surface area contributed by atoms with E-state index < -0.39 is 0 Å². The fraction of sp³-hybridized carbons (Fsp3) is 1.00. The molecule has 0 saturated heterocycles. The molecule has 0 amide bonds. The van der Waals surface area contributed by atoms with Gasteiger partial charge in [0.25, 0.3) is 0 Å². The van der Waals surface area contributed by atoms with Crippen LogP contribution in [0.15, 0.2) is 0 Å². The smallest absolute Gasteiger partial charge is 0.0159 e. The van der Waals surface area contributed by atoms with Crippen molar-refractivity contribution in [2.45, 2.75) is 51.0 Å². The van der Waals surface area contributed by atoms with Gasteiger partial charge in [-0.05, 0) is 37.5 Å². The maximum atomic E-state index is 6.19. The second kappa shape index (κ2) is 1.76. The molecular weight excluding hydrogens is 122 g/mol. The van der Waals surface area contributed by atoms with Crippen LogP contribution in [0.2, 0.25) is 0 Å². The summed E-state index contributed by atoms with van der Waals surface area (Å²) in [5.74, 6) is 0. The van der Waals surface area contributed by atoms with E-state index in [1.165, 1.54) is 38.5 Å². The summed E-state index contributed by atoms with van der Waals surface area (Å²) >= 11 is 0. The second-order valence-electron chi connectivity index (χ2n) is 4.70. The molecule has 10 heavy (non-hydrogen) atoms. The van der Waals surface area contributed by atoms with Gasteiger partial charge in [-0.25, -0.2) is 0 Å². The molecule has 1 heteroatoms. The van der Waals surface area contributed by atoms with Gasteiger partial charge in [-0.3, -0.25) is 0 Å². The van der Waals surface area contributed by atoms with Crippen LogP contribution in [-0.2, 0) is 0 Å².